The molecule has 0 radical (unpaired) electrons. The highest BCUT2D eigenvalue weighted by Crippen LogP contribution is 2.36. The number of hydrogen-bond acceptors (Lipinski definition) is 8. The average Bonchev–Trinajstić information content (AvgIpc) is 3.10. The number of primary amides is 1. The maximum absolute atomic E-state index is 13.8. The molecule has 168 valence electrons. The Morgan fingerprint density at radius 1 is 1.12 bits per heavy atom. The van der Waals surface area contributed by atoms with Gasteiger partial charge in [-0.15, -0.1) is 0 Å². The lowest BCUT2D eigenvalue weighted by atomic mass is 10.2. The summed E-state index contributed by atoms with van der Waals surface area (Å²) in [5.41, 5.74) is 11.0. The van der Waals surface area contributed by atoms with Crippen LogP contribution in [0.1, 0.15) is 22.3 Å². The molecule has 32 heavy (non-hydrogen) atoms. The molecular weight excluding hydrogens is 454 g/mol. The van der Waals surface area contributed by atoms with Crippen molar-refractivity contribution < 1.29 is 31.9 Å². The van der Waals surface area contributed by atoms with Gasteiger partial charge in [-0.2, -0.15) is 8.78 Å². The van der Waals surface area contributed by atoms with Gasteiger partial charge >= 0.3 is 6.61 Å². The van der Waals surface area contributed by atoms with Crippen molar-refractivity contribution in [2.45, 2.75) is 19.6 Å². The Labute approximate surface area is 182 Å². The summed E-state index contributed by atoms with van der Waals surface area (Å²) in [4.78, 5) is 33.5. The standard InChI is InChI=1S/C19H15F4N5O3S/c1-8(17(25)30)28(9-5-6-10(20)11(21)7-9)19-27-16(24)15(32-19)14(29)12-3-2-4-13(26-12)31-18(22)23/h2-8,18H,24H2,1H3,(H2,25,30). The number of nitrogens with zero attached hydrogens (tertiary/aromatic N) is 3. The number of benzene rings is 1. The predicted molar refractivity (Wildman–Crippen MR) is 108 cm³/mol. The molecule has 2 aromatic heterocycles. The summed E-state index contributed by atoms with van der Waals surface area (Å²) in [6.45, 7) is -1.73. The third-order valence-corrected chi connectivity index (χ3v) is 5.27. The molecule has 8 nitrogen and oxygen atoms in total. The second-order valence-corrected chi connectivity index (χ2v) is 7.30. The first-order valence-electron chi connectivity index (χ1n) is 8.85. The summed E-state index contributed by atoms with van der Waals surface area (Å²) in [5.74, 6) is -4.56. The maximum atomic E-state index is 13.8. The molecule has 0 saturated carbocycles. The van der Waals surface area contributed by atoms with Crippen molar-refractivity contribution >= 4 is 39.7 Å². The number of halogens is 4. The third-order valence-electron chi connectivity index (χ3n) is 4.20. The molecule has 0 bridgehead atoms. The number of nitrogens with two attached hydrogens (primary N) is 2. The van der Waals surface area contributed by atoms with Gasteiger partial charge in [0, 0.05) is 17.8 Å². The minimum atomic E-state index is -3.13. The maximum Gasteiger partial charge on any atom is 0.388 e. The van der Waals surface area contributed by atoms with Gasteiger partial charge in [0.1, 0.15) is 22.4 Å². The molecule has 2 heterocycles. The van der Waals surface area contributed by atoms with E-state index in [1.165, 1.54) is 30.0 Å². The van der Waals surface area contributed by atoms with Gasteiger partial charge < -0.3 is 21.1 Å². The number of nitrogen functional groups attached to an aromatic ring is 1. The zero-order chi connectivity index (χ0) is 23.6. The van der Waals surface area contributed by atoms with Crippen molar-refractivity contribution in [3.8, 4) is 5.88 Å². The number of carbonyl (C=O) groups is 2. The van der Waals surface area contributed by atoms with E-state index in [2.05, 4.69) is 14.7 Å². The Kier molecular flexibility index (Phi) is 6.58. The van der Waals surface area contributed by atoms with Crippen LogP contribution in [0.25, 0.3) is 0 Å². The molecule has 0 aliphatic heterocycles. The number of ketones is 1. The van der Waals surface area contributed by atoms with E-state index in [9.17, 15) is 27.2 Å². The smallest absolute Gasteiger partial charge is 0.388 e. The lowest BCUT2D eigenvalue weighted by Gasteiger charge is -2.26. The Bertz CT molecular complexity index is 1170. The monoisotopic (exact) mass is 469 g/mol. The highest BCUT2D eigenvalue weighted by Gasteiger charge is 2.28. The summed E-state index contributed by atoms with van der Waals surface area (Å²) in [6, 6.07) is 5.51. The molecule has 1 atom stereocenters. The van der Waals surface area contributed by atoms with E-state index in [4.69, 9.17) is 11.5 Å². The van der Waals surface area contributed by atoms with E-state index < -0.39 is 41.9 Å². The van der Waals surface area contributed by atoms with Crippen molar-refractivity contribution in [3.05, 3.63) is 58.6 Å². The first-order valence-corrected chi connectivity index (χ1v) is 9.66. The minimum absolute atomic E-state index is 0.0110. The Morgan fingerprint density at radius 2 is 1.84 bits per heavy atom. The molecule has 4 N–H and O–H groups in total. The summed E-state index contributed by atoms with van der Waals surface area (Å²) in [7, 11) is 0. The van der Waals surface area contributed by atoms with Gasteiger partial charge in [-0.3, -0.25) is 9.59 Å². The van der Waals surface area contributed by atoms with E-state index in [-0.39, 0.29) is 27.2 Å². The normalized spacial score (nSPS) is 11.9. The highest BCUT2D eigenvalue weighted by molar-refractivity contribution is 7.18. The SMILES string of the molecule is CC(C(N)=O)N(c1ccc(F)c(F)c1)c1nc(N)c(C(=O)c2cccc(OC(F)F)n2)s1. The van der Waals surface area contributed by atoms with Crippen LogP contribution >= 0.6 is 11.3 Å². The molecule has 13 heteroatoms. The molecule has 1 aromatic carbocycles. The molecule has 3 aromatic rings. The number of amides is 1. The lowest BCUT2D eigenvalue weighted by Crippen LogP contribution is -2.40. The van der Waals surface area contributed by atoms with Gasteiger partial charge in [0.25, 0.3) is 0 Å². The minimum Gasteiger partial charge on any atom is -0.417 e. The van der Waals surface area contributed by atoms with Crippen molar-refractivity contribution in [2.24, 2.45) is 5.73 Å². The van der Waals surface area contributed by atoms with E-state index in [0.717, 1.165) is 29.5 Å². The summed E-state index contributed by atoms with van der Waals surface area (Å²) in [5, 5.41) is -0.0110. The van der Waals surface area contributed by atoms with Gasteiger partial charge in [-0.1, -0.05) is 17.4 Å². The number of ether oxygens (including phenoxy) is 1. The van der Waals surface area contributed by atoms with Gasteiger partial charge in [0.05, 0.1) is 0 Å². The quantitative estimate of drug-likeness (QED) is 0.383. The first kappa shape index (κ1) is 22.9. The van der Waals surface area contributed by atoms with Crippen LogP contribution in [0.4, 0.5) is 34.2 Å². The molecular formula is C19H15F4N5O3S. The van der Waals surface area contributed by atoms with Crippen molar-refractivity contribution in [1.82, 2.24) is 9.97 Å². The number of aromatic nitrogens is 2. The molecule has 0 saturated heterocycles. The number of alkyl halides is 2. The largest absolute Gasteiger partial charge is 0.417 e. The summed E-state index contributed by atoms with van der Waals surface area (Å²) >= 11 is 0.728. The van der Waals surface area contributed by atoms with E-state index in [0.29, 0.717) is 0 Å². The summed E-state index contributed by atoms with van der Waals surface area (Å²) in [6.07, 6.45) is 0. The Morgan fingerprint density at radius 3 is 2.47 bits per heavy atom. The zero-order valence-electron chi connectivity index (χ0n) is 16.3. The predicted octanol–water partition coefficient (Wildman–Crippen LogP) is 3.24. The molecule has 1 amide bonds. The molecule has 0 aliphatic carbocycles. The third kappa shape index (κ3) is 4.77. The molecule has 0 aliphatic rings. The Balaban J connectivity index is 2.02. The number of carbonyl (C=O) groups excluding carboxylic acids is 2. The fourth-order valence-corrected chi connectivity index (χ4v) is 3.70. The van der Waals surface area contributed by atoms with Crippen LogP contribution in [0, 0.1) is 11.6 Å². The van der Waals surface area contributed by atoms with Crippen LogP contribution in [0.3, 0.4) is 0 Å². The highest BCUT2D eigenvalue weighted by atomic mass is 32.1. The van der Waals surface area contributed by atoms with Gasteiger partial charge in [0.15, 0.2) is 16.8 Å². The lowest BCUT2D eigenvalue weighted by molar-refractivity contribution is -0.118. The first-order chi connectivity index (χ1) is 15.1. The van der Waals surface area contributed by atoms with Crippen molar-refractivity contribution in [2.75, 3.05) is 10.6 Å². The molecule has 0 fully saturated rings. The fraction of sp³-hybridized carbons (Fsp3) is 0.158. The van der Waals surface area contributed by atoms with Crippen molar-refractivity contribution in [3.63, 3.8) is 0 Å². The van der Waals surface area contributed by atoms with E-state index >= 15 is 0 Å². The van der Waals surface area contributed by atoms with Gasteiger partial charge in [-0.05, 0) is 25.1 Å². The van der Waals surface area contributed by atoms with Gasteiger partial charge in [-0.25, -0.2) is 18.7 Å². The number of thiazole rings is 1. The second kappa shape index (κ2) is 9.18. The van der Waals surface area contributed by atoms with Gasteiger partial charge in [0.2, 0.25) is 17.6 Å². The van der Waals surface area contributed by atoms with Crippen LogP contribution in [0.5, 0.6) is 5.88 Å². The fourth-order valence-electron chi connectivity index (χ4n) is 2.66. The van der Waals surface area contributed by atoms with Crippen LogP contribution in [-0.4, -0.2) is 34.3 Å². The molecule has 3 rings (SSSR count). The second-order valence-electron chi connectivity index (χ2n) is 6.33. The van der Waals surface area contributed by atoms with E-state index in [1.54, 1.807) is 0 Å². The van der Waals surface area contributed by atoms with Crippen molar-refractivity contribution in [1.29, 1.82) is 0 Å². The van der Waals surface area contributed by atoms with Crippen LogP contribution in [0.2, 0.25) is 0 Å². The topological polar surface area (TPSA) is 124 Å². The zero-order valence-corrected chi connectivity index (χ0v) is 17.1. The summed E-state index contributed by atoms with van der Waals surface area (Å²) < 4.78 is 56.2. The Hall–Kier alpha value is -3.74. The van der Waals surface area contributed by atoms with Crippen LogP contribution in [0.15, 0.2) is 36.4 Å². The van der Waals surface area contributed by atoms with Crippen LogP contribution in [-0.2, 0) is 4.79 Å². The molecule has 1 unspecified atom stereocenters. The average molecular weight is 469 g/mol. The van der Waals surface area contributed by atoms with Crippen LogP contribution < -0.4 is 21.1 Å². The number of anilines is 3. The molecule has 0 spiro atoms. The number of rotatable bonds is 8. The number of pyridine rings is 1. The van der Waals surface area contributed by atoms with E-state index in [1.807, 2.05) is 0 Å². The number of hydrogen-bond donors (Lipinski definition) is 2.